The zero-order valence-corrected chi connectivity index (χ0v) is 18.1. The number of benzene rings is 1. The highest BCUT2D eigenvalue weighted by molar-refractivity contribution is 5.91. The highest BCUT2D eigenvalue weighted by Gasteiger charge is 2.28. The van der Waals surface area contributed by atoms with Crippen LogP contribution in [0.25, 0.3) is 0 Å². The van der Waals surface area contributed by atoms with E-state index in [-0.39, 0.29) is 12.2 Å². The first kappa shape index (κ1) is 20.2. The van der Waals surface area contributed by atoms with Crippen LogP contribution in [0.15, 0.2) is 24.3 Å². The Morgan fingerprint density at radius 2 is 1.87 bits per heavy atom. The van der Waals surface area contributed by atoms with Crippen molar-refractivity contribution in [2.75, 3.05) is 36.9 Å². The molecule has 1 saturated heterocycles. The molecule has 0 bridgehead atoms. The fourth-order valence-electron chi connectivity index (χ4n) is 4.60. The van der Waals surface area contributed by atoms with Crippen molar-refractivity contribution in [2.24, 2.45) is 5.92 Å². The molecule has 164 valence electrons. The van der Waals surface area contributed by atoms with Gasteiger partial charge in [0, 0.05) is 25.1 Å². The molecule has 2 N–H and O–H groups in total. The van der Waals surface area contributed by atoms with Crippen LogP contribution in [0.1, 0.15) is 48.8 Å². The monoisotopic (exact) mass is 421 g/mol. The number of aromatic nitrogens is 2. The summed E-state index contributed by atoms with van der Waals surface area (Å²) in [6, 6.07) is 8.97. The van der Waals surface area contributed by atoms with Crippen molar-refractivity contribution < 1.29 is 9.53 Å². The predicted octanol–water partition coefficient (Wildman–Crippen LogP) is 2.97. The zero-order chi connectivity index (χ0) is 21.2. The smallest absolute Gasteiger partial charge is 0.320 e. The van der Waals surface area contributed by atoms with E-state index in [1.807, 2.05) is 4.90 Å². The Morgan fingerprint density at radius 3 is 2.65 bits per heavy atom. The zero-order valence-electron chi connectivity index (χ0n) is 18.1. The Labute approximate surface area is 183 Å². The van der Waals surface area contributed by atoms with E-state index in [4.69, 9.17) is 10.5 Å². The summed E-state index contributed by atoms with van der Waals surface area (Å²) in [6.45, 7) is 4.90. The molecule has 0 atom stereocenters. The van der Waals surface area contributed by atoms with Crippen LogP contribution in [0.2, 0.25) is 0 Å². The second-order valence-electron chi connectivity index (χ2n) is 9.15. The fourth-order valence-corrected chi connectivity index (χ4v) is 4.60. The molecular formula is C24H31N5O2. The molecule has 0 radical (unpaired) electrons. The lowest BCUT2D eigenvalue weighted by Gasteiger charge is -2.30. The molecule has 0 spiro atoms. The summed E-state index contributed by atoms with van der Waals surface area (Å²) in [4.78, 5) is 25.9. The molecule has 1 aromatic carbocycles. The van der Waals surface area contributed by atoms with Crippen molar-refractivity contribution in [3.8, 4) is 6.01 Å². The van der Waals surface area contributed by atoms with Gasteiger partial charge in [0.15, 0.2) is 5.78 Å². The number of nitrogens with zero attached hydrogens (tertiary/aromatic N) is 4. The number of fused-ring (bicyclic) bond motifs is 1. The highest BCUT2D eigenvalue weighted by Crippen LogP contribution is 2.33. The summed E-state index contributed by atoms with van der Waals surface area (Å²) >= 11 is 0. The third-order valence-corrected chi connectivity index (χ3v) is 6.46. The molecule has 2 fully saturated rings. The van der Waals surface area contributed by atoms with Crippen molar-refractivity contribution in [3.05, 3.63) is 41.0 Å². The van der Waals surface area contributed by atoms with Gasteiger partial charge >= 0.3 is 6.01 Å². The van der Waals surface area contributed by atoms with Crippen LogP contribution in [-0.2, 0) is 24.3 Å². The molecule has 1 saturated carbocycles. The quantitative estimate of drug-likeness (QED) is 0.701. The van der Waals surface area contributed by atoms with Gasteiger partial charge in [-0.2, -0.15) is 9.97 Å². The molecule has 3 aliphatic rings. The molecule has 3 heterocycles. The van der Waals surface area contributed by atoms with Gasteiger partial charge in [0.2, 0.25) is 0 Å². The van der Waals surface area contributed by atoms with Crippen LogP contribution in [0.3, 0.4) is 0 Å². The predicted molar refractivity (Wildman–Crippen MR) is 120 cm³/mol. The Kier molecular flexibility index (Phi) is 5.76. The summed E-state index contributed by atoms with van der Waals surface area (Å²) < 4.78 is 5.80. The third kappa shape index (κ3) is 4.98. The van der Waals surface area contributed by atoms with E-state index in [0.717, 1.165) is 30.3 Å². The largest absolute Gasteiger partial charge is 0.463 e. The number of carbonyl (C=O) groups excluding carboxylic acids is 1. The van der Waals surface area contributed by atoms with Crippen LogP contribution in [0.5, 0.6) is 6.01 Å². The number of ether oxygens (including phenoxy) is 1. The summed E-state index contributed by atoms with van der Waals surface area (Å²) in [7, 11) is 0. The minimum absolute atomic E-state index is 0.137. The molecule has 0 unspecified atom stereocenters. The normalized spacial score (nSPS) is 19.0. The van der Waals surface area contributed by atoms with E-state index in [0.29, 0.717) is 31.5 Å². The topological polar surface area (TPSA) is 84.6 Å². The number of nitrogen functional groups attached to an aromatic ring is 1. The van der Waals surface area contributed by atoms with Gasteiger partial charge in [0.05, 0.1) is 13.2 Å². The summed E-state index contributed by atoms with van der Waals surface area (Å²) in [6.07, 6.45) is 6.49. The van der Waals surface area contributed by atoms with Crippen LogP contribution in [0, 0.1) is 5.92 Å². The SMILES string of the molecule is Nc1nc(OCCC2CC2)nc2c1CC(=O)CN2Cc1cccc(CN2CCCC2)c1. The molecule has 0 amide bonds. The minimum Gasteiger partial charge on any atom is -0.463 e. The van der Waals surface area contributed by atoms with E-state index >= 15 is 0 Å². The molecule has 1 aromatic heterocycles. The maximum absolute atomic E-state index is 12.4. The van der Waals surface area contributed by atoms with Crippen LogP contribution >= 0.6 is 0 Å². The first-order valence-corrected chi connectivity index (χ1v) is 11.5. The van der Waals surface area contributed by atoms with Crippen LogP contribution in [0.4, 0.5) is 11.6 Å². The number of carbonyl (C=O) groups is 1. The van der Waals surface area contributed by atoms with E-state index in [1.165, 1.54) is 49.9 Å². The Hall–Kier alpha value is -2.67. The number of hydrogen-bond acceptors (Lipinski definition) is 7. The van der Waals surface area contributed by atoms with Gasteiger partial charge in [0.1, 0.15) is 11.6 Å². The Bertz CT molecular complexity index is 953. The molecule has 7 heteroatoms. The van der Waals surface area contributed by atoms with Gasteiger partial charge in [0.25, 0.3) is 0 Å². The average Bonchev–Trinajstić information content (AvgIpc) is 3.43. The molecule has 5 rings (SSSR count). The summed E-state index contributed by atoms with van der Waals surface area (Å²) in [5, 5.41) is 0. The Morgan fingerprint density at radius 1 is 1.10 bits per heavy atom. The van der Waals surface area contributed by atoms with Gasteiger partial charge in [-0.3, -0.25) is 9.69 Å². The van der Waals surface area contributed by atoms with E-state index in [9.17, 15) is 4.79 Å². The number of hydrogen-bond donors (Lipinski definition) is 1. The van der Waals surface area contributed by atoms with Crippen LogP contribution < -0.4 is 15.4 Å². The number of likely N-dealkylation sites (tertiary alicyclic amines) is 1. The summed E-state index contributed by atoms with van der Waals surface area (Å²) in [5.41, 5.74) is 9.41. The highest BCUT2D eigenvalue weighted by atomic mass is 16.5. The van der Waals surface area contributed by atoms with Gasteiger partial charge in [-0.25, -0.2) is 0 Å². The van der Waals surface area contributed by atoms with Crippen LogP contribution in [-0.4, -0.2) is 46.9 Å². The van der Waals surface area contributed by atoms with Crippen molar-refractivity contribution in [1.29, 1.82) is 0 Å². The van der Waals surface area contributed by atoms with Gasteiger partial charge < -0.3 is 15.4 Å². The van der Waals surface area contributed by atoms with E-state index < -0.39 is 0 Å². The first-order chi connectivity index (χ1) is 15.1. The van der Waals surface area contributed by atoms with Gasteiger partial charge in [-0.15, -0.1) is 0 Å². The lowest BCUT2D eigenvalue weighted by Crippen LogP contribution is -2.36. The van der Waals surface area contributed by atoms with Crippen molar-refractivity contribution >= 4 is 17.4 Å². The van der Waals surface area contributed by atoms with E-state index in [1.54, 1.807) is 0 Å². The molecule has 1 aliphatic carbocycles. The maximum Gasteiger partial charge on any atom is 0.320 e. The lowest BCUT2D eigenvalue weighted by molar-refractivity contribution is -0.117. The second kappa shape index (κ2) is 8.83. The second-order valence-corrected chi connectivity index (χ2v) is 9.15. The van der Waals surface area contributed by atoms with Gasteiger partial charge in [-0.1, -0.05) is 37.1 Å². The average molecular weight is 422 g/mol. The van der Waals surface area contributed by atoms with Crippen molar-refractivity contribution in [1.82, 2.24) is 14.9 Å². The first-order valence-electron chi connectivity index (χ1n) is 11.5. The molecule has 2 aromatic rings. The van der Waals surface area contributed by atoms with Crippen molar-refractivity contribution in [3.63, 3.8) is 0 Å². The third-order valence-electron chi connectivity index (χ3n) is 6.46. The molecule has 2 aliphatic heterocycles. The lowest BCUT2D eigenvalue weighted by atomic mass is 10.0. The molecular weight excluding hydrogens is 390 g/mol. The molecule has 31 heavy (non-hydrogen) atoms. The van der Waals surface area contributed by atoms with Gasteiger partial charge in [-0.05, 0) is 49.4 Å². The Balaban J connectivity index is 1.33. The number of anilines is 2. The maximum atomic E-state index is 12.4. The fraction of sp³-hybridized carbons (Fsp3) is 0.542. The standard InChI is InChI=1S/C24H31N5O2/c25-22-21-13-20(30)16-29(23(21)27-24(26-22)31-11-8-17-6-7-17)15-19-5-3-4-18(12-19)14-28-9-1-2-10-28/h3-5,12,17H,1-2,6-11,13-16H2,(H2,25,26,27). The molecule has 7 nitrogen and oxygen atoms in total. The van der Waals surface area contributed by atoms with E-state index in [2.05, 4.69) is 39.1 Å². The number of Topliss-reactive ketones (excluding diaryl/α,β-unsaturated/α-hetero) is 1. The number of rotatable bonds is 8. The minimum atomic E-state index is 0.137. The summed E-state index contributed by atoms with van der Waals surface area (Å²) in [5.74, 6) is 2.01. The number of nitrogens with two attached hydrogens (primary N) is 1. The van der Waals surface area contributed by atoms with Crippen molar-refractivity contribution in [2.45, 2.75) is 51.6 Å². The number of ketones is 1.